The zero-order valence-electron chi connectivity index (χ0n) is 13.1. The standard InChI is InChI=1S/C16H16ClN5S2/c1-2-10-23-16-21-20-14(11-24-15-18-8-3-9-19-15)22(16)13-6-4-12(17)5-7-13/h3-9H,2,10-11H2,1H3. The third-order valence-electron chi connectivity index (χ3n) is 3.09. The highest BCUT2D eigenvalue weighted by atomic mass is 35.5. The fourth-order valence-corrected chi connectivity index (χ4v) is 3.69. The maximum Gasteiger partial charge on any atom is 0.195 e. The summed E-state index contributed by atoms with van der Waals surface area (Å²) in [6, 6.07) is 9.52. The van der Waals surface area contributed by atoms with E-state index in [0.717, 1.165) is 34.0 Å². The average molecular weight is 378 g/mol. The number of aromatic nitrogens is 5. The predicted octanol–water partition coefficient (Wildman–Crippen LogP) is 4.51. The summed E-state index contributed by atoms with van der Waals surface area (Å²) in [4.78, 5) is 8.47. The molecular formula is C16H16ClN5S2. The summed E-state index contributed by atoms with van der Waals surface area (Å²) in [5, 5.41) is 11.1. The second-order valence-corrected chi connectivity index (χ2v) is 7.32. The third-order valence-corrected chi connectivity index (χ3v) is 5.35. The summed E-state index contributed by atoms with van der Waals surface area (Å²) in [6.07, 6.45) is 4.56. The van der Waals surface area contributed by atoms with E-state index in [9.17, 15) is 0 Å². The monoisotopic (exact) mass is 377 g/mol. The van der Waals surface area contributed by atoms with Crippen molar-refractivity contribution in [2.24, 2.45) is 0 Å². The van der Waals surface area contributed by atoms with Crippen LogP contribution in [0.5, 0.6) is 0 Å². The summed E-state index contributed by atoms with van der Waals surface area (Å²) in [6.45, 7) is 2.15. The van der Waals surface area contributed by atoms with E-state index in [-0.39, 0.29) is 0 Å². The predicted molar refractivity (Wildman–Crippen MR) is 99.0 cm³/mol. The molecule has 0 saturated heterocycles. The van der Waals surface area contributed by atoms with Gasteiger partial charge in [-0.3, -0.25) is 4.57 Å². The Labute approximate surface area is 154 Å². The number of rotatable bonds is 7. The van der Waals surface area contributed by atoms with Crippen molar-refractivity contribution < 1.29 is 0 Å². The molecule has 3 aromatic rings. The lowest BCUT2D eigenvalue weighted by Crippen LogP contribution is -2.02. The molecular weight excluding hydrogens is 362 g/mol. The van der Waals surface area contributed by atoms with Gasteiger partial charge in [0.2, 0.25) is 0 Å². The minimum Gasteiger partial charge on any atom is -0.273 e. The number of hydrogen-bond acceptors (Lipinski definition) is 6. The van der Waals surface area contributed by atoms with E-state index in [0.29, 0.717) is 10.8 Å². The van der Waals surface area contributed by atoms with Gasteiger partial charge in [0, 0.05) is 28.9 Å². The number of hydrogen-bond donors (Lipinski definition) is 0. The van der Waals surface area contributed by atoms with Crippen molar-refractivity contribution in [1.29, 1.82) is 0 Å². The Morgan fingerprint density at radius 2 is 1.79 bits per heavy atom. The van der Waals surface area contributed by atoms with Crippen LogP contribution in [0.25, 0.3) is 5.69 Å². The molecule has 0 amide bonds. The largest absolute Gasteiger partial charge is 0.273 e. The summed E-state index contributed by atoms with van der Waals surface area (Å²) in [7, 11) is 0. The van der Waals surface area contributed by atoms with E-state index in [1.807, 2.05) is 24.3 Å². The molecule has 0 fully saturated rings. The van der Waals surface area contributed by atoms with Gasteiger partial charge in [-0.2, -0.15) is 0 Å². The van der Waals surface area contributed by atoms with Crippen LogP contribution in [0.15, 0.2) is 53.0 Å². The number of benzene rings is 1. The molecule has 0 aliphatic heterocycles. The fraction of sp³-hybridized carbons (Fsp3) is 0.250. The van der Waals surface area contributed by atoms with Crippen molar-refractivity contribution in [2.75, 3.05) is 5.75 Å². The summed E-state index contributed by atoms with van der Waals surface area (Å²) in [5.41, 5.74) is 1.01. The molecule has 0 aliphatic carbocycles. The first kappa shape index (κ1) is 17.3. The molecule has 0 atom stereocenters. The quantitative estimate of drug-likeness (QED) is 0.446. The van der Waals surface area contributed by atoms with Crippen LogP contribution in [0.2, 0.25) is 5.02 Å². The molecule has 0 N–H and O–H groups in total. The summed E-state index contributed by atoms with van der Waals surface area (Å²) >= 11 is 9.26. The molecule has 2 heterocycles. The molecule has 0 spiro atoms. The lowest BCUT2D eigenvalue weighted by Gasteiger charge is -2.10. The maximum absolute atomic E-state index is 6.01. The summed E-state index contributed by atoms with van der Waals surface area (Å²) in [5.74, 6) is 2.51. The van der Waals surface area contributed by atoms with Crippen molar-refractivity contribution in [3.8, 4) is 5.69 Å². The topological polar surface area (TPSA) is 56.5 Å². The SMILES string of the molecule is CCCSc1nnc(CSc2ncccn2)n1-c1ccc(Cl)cc1. The summed E-state index contributed by atoms with van der Waals surface area (Å²) < 4.78 is 2.08. The van der Waals surface area contributed by atoms with Gasteiger partial charge in [-0.1, -0.05) is 42.0 Å². The van der Waals surface area contributed by atoms with E-state index in [4.69, 9.17) is 11.6 Å². The highest BCUT2D eigenvalue weighted by molar-refractivity contribution is 7.99. The van der Waals surface area contributed by atoms with E-state index >= 15 is 0 Å². The van der Waals surface area contributed by atoms with Gasteiger partial charge >= 0.3 is 0 Å². The van der Waals surface area contributed by atoms with E-state index in [1.165, 1.54) is 0 Å². The zero-order valence-corrected chi connectivity index (χ0v) is 15.5. The van der Waals surface area contributed by atoms with Crippen LogP contribution in [0.1, 0.15) is 19.2 Å². The number of thioether (sulfide) groups is 2. The molecule has 8 heteroatoms. The van der Waals surface area contributed by atoms with E-state index in [2.05, 4.69) is 31.7 Å². The van der Waals surface area contributed by atoms with Gasteiger partial charge in [-0.05, 0) is 36.8 Å². The number of nitrogens with zero attached hydrogens (tertiary/aromatic N) is 5. The minimum absolute atomic E-state index is 0.645. The van der Waals surface area contributed by atoms with Gasteiger partial charge in [0.1, 0.15) is 5.82 Å². The zero-order chi connectivity index (χ0) is 16.8. The van der Waals surface area contributed by atoms with Gasteiger partial charge in [0.05, 0.1) is 5.75 Å². The number of halogens is 1. The molecule has 124 valence electrons. The first-order valence-corrected chi connectivity index (χ1v) is 9.85. The van der Waals surface area contributed by atoms with Crippen LogP contribution in [-0.2, 0) is 5.75 Å². The average Bonchev–Trinajstić information content (AvgIpc) is 3.02. The lowest BCUT2D eigenvalue weighted by molar-refractivity contribution is 0.861. The molecule has 3 rings (SSSR count). The van der Waals surface area contributed by atoms with E-state index < -0.39 is 0 Å². The van der Waals surface area contributed by atoms with Crippen LogP contribution < -0.4 is 0 Å². The molecule has 0 radical (unpaired) electrons. The second-order valence-electron chi connectivity index (χ2n) is 4.88. The van der Waals surface area contributed by atoms with Crippen molar-refractivity contribution in [2.45, 2.75) is 29.4 Å². The molecule has 0 unspecified atom stereocenters. The van der Waals surface area contributed by atoms with Crippen LogP contribution >= 0.6 is 35.1 Å². The van der Waals surface area contributed by atoms with Crippen molar-refractivity contribution in [1.82, 2.24) is 24.7 Å². The maximum atomic E-state index is 6.01. The Bertz CT molecular complexity index is 777. The van der Waals surface area contributed by atoms with Crippen LogP contribution in [0.3, 0.4) is 0 Å². The Hall–Kier alpha value is -1.57. The fourth-order valence-electron chi connectivity index (χ4n) is 2.02. The second kappa shape index (κ2) is 8.50. The Balaban J connectivity index is 1.87. The smallest absolute Gasteiger partial charge is 0.195 e. The molecule has 5 nitrogen and oxygen atoms in total. The Kier molecular flexibility index (Phi) is 6.12. The van der Waals surface area contributed by atoms with Crippen LogP contribution in [-0.4, -0.2) is 30.5 Å². The Morgan fingerprint density at radius 1 is 1.04 bits per heavy atom. The Morgan fingerprint density at radius 3 is 2.50 bits per heavy atom. The van der Waals surface area contributed by atoms with Crippen molar-refractivity contribution >= 4 is 35.1 Å². The van der Waals surface area contributed by atoms with Gasteiger partial charge in [-0.15, -0.1) is 10.2 Å². The lowest BCUT2D eigenvalue weighted by atomic mass is 10.3. The molecule has 2 aromatic heterocycles. The van der Waals surface area contributed by atoms with Gasteiger partial charge in [0.15, 0.2) is 10.3 Å². The van der Waals surface area contributed by atoms with E-state index in [1.54, 1.807) is 42.0 Å². The van der Waals surface area contributed by atoms with Crippen LogP contribution in [0, 0.1) is 0 Å². The molecule has 0 saturated carbocycles. The van der Waals surface area contributed by atoms with Crippen molar-refractivity contribution in [3.05, 3.63) is 53.6 Å². The molecule has 24 heavy (non-hydrogen) atoms. The minimum atomic E-state index is 0.645. The third kappa shape index (κ3) is 4.28. The normalized spacial score (nSPS) is 10.9. The van der Waals surface area contributed by atoms with Gasteiger partial charge < -0.3 is 0 Å². The first-order valence-electron chi connectivity index (χ1n) is 7.50. The van der Waals surface area contributed by atoms with Crippen molar-refractivity contribution in [3.63, 3.8) is 0 Å². The van der Waals surface area contributed by atoms with Crippen LogP contribution in [0.4, 0.5) is 0 Å². The van der Waals surface area contributed by atoms with Gasteiger partial charge in [0.25, 0.3) is 0 Å². The highest BCUT2D eigenvalue weighted by Crippen LogP contribution is 2.26. The molecule has 0 aliphatic rings. The highest BCUT2D eigenvalue weighted by Gasteiger charge is 2.15. The van der Waals surface area contributed by atoms with Gasteiger partial charge in [-0.25, -0.2) is 9.97 Å². The first-order chi connectivity index (χ1) is 11.8. The molecule has 0 bridgehead atoms. The molecule has 1 aromatic carbocycles.